The van der Waals surface area contributed by atoms with E-state index < -0.39 is 39.8 Å². The van der Waals surface area contributed by atoms with Gasteiger partial charge in [-0.15, -0.1) is 0 Å². The second-order valence-electron chi connectivity index (χ2n) is 4.18. The van der Waals surface area contributed by atoms with Crippen LogP contribution in [0, 0.1) is 5.82 Å². The highest BCUT2D eigenvalue weighted by Gasteiger charge is 2.35. The summed E-state index contributed by atoms with van der Waals surface area (Å²) in [6.45, 7) is 1.58. The Hall–Kier alpha value is -1.44. The van der Waals surface area contributed by atoms with E-state index >= 15 is 0 Å². The van der Waals surface area contributed by atoms with Gasteiger partial charge >= 0.3 is 6.18 Å². The molecule has 3 nitrogen and oxygen atoms in total. The fourth-order valence-corrected chi connectivity index (χ4v) is 1.69. The van der Waals surface area contributed by atoms with E-state index in [1.54, 1.807) is 6.92 Å². The largest absolute Gasteiger partial charge is 0.419 e. The molecule has 0 radical (unpaired) electrons. The van der Waals surface area contributed by atoms with Crippen LogP contribution in [-0.4, -0.2) is 28.2 Å². The number of halogens is 4. The molecule has 0 spiro atoms. The van der Waals surface area contributed by atoms with E-state index in [4.69, 9.17) is 0 Å². The smallest absolute Gasteiger partial charge is 0.351 e. The zero-order valence-electron chi connectivity index (χ0n) is 10.8. The molecule has 1 aromatic carbocycles. The SMILES string of the molecule is CC(CNC(=O)c1cccc(C(F)(F)F)c1F)S(C)=O. The fraction of sp³-hybridized carbons (Fsp3) is 0.417. The van der Waals surface area contributed by atoms with Crippen LogP contribution >= 0.6 is 0 Å². The number of alkyl halides is 3. The Kier molecular flexibility index (Phi) is 5.27. The second kappa shape index (κ2) is 6.34. The van der Waals surface area contributed by atoms with Crippen molar-refractivity contribution in [1.29, 1.82) is 0 Å². The molecule has 112 valence electrons. The number of benzene rings is 1. The van der Waals surface area contributed by atoms with Gasteiger partial charge in [0.2, 0.25) is 0 Å². The monoisotopic (exact) mass is 311 g/mol. The molecule has 0 aromatic heterocycles. The Labute approximate surface area is 115 Å². The van der Waals surface area contributed by atoms with E-state index in [1.807, 2.05) is 0 Å². The van der Waals surface area contributed by atoms with Crippen molar-refractivity contribution in [2.75, 3.05) is 12.8 Å². The lowest BCUT2D eigenvalue weighted by Gasteiger charge is -2.13. The molecule has 0 fully saturated rings. The van der Waals surface area contributed by atoms with Gasteiger partial charge in [0.25, 0.3) is 5.91 Å². The maximum absolute atomic E-state index is 13.7. The second-order valence-corrected chi connectivity index (χ2v) is 5.99. The van der Waals surface area contributed by atoms with E-state index in [2.05, 4.69) is 5.32 Å². The molecule has 0 aliphatic rings. The number of hydrogen-bond donors (Lipinski definition) is 1. The summed E-state index contributed by atoms with van der Waals surface area (Å²) in [6.07, 6.45) is -3.43. The molecule has 0 saturated carbocycles. The number of nitrogens with one attached hydrogen (secondary N) is 1. The molecule has 1 amide bonds. The Morgan fingerprint density at radius 3 is 2.50 bits per heavy atom. The van der Waals surface area contributed by atoms with Crippen molar-refractivity contribution in [3.05, 3.63) is 35.1 Å². The van der Waals surface area contributed by atoms with Crippen LogP contribution in [0.3, 0.4) is 0 Å². The van der Waals surface area contributed by atoms with Crippen LogP contribution in [0.1, 0.15) is 22.8 Å². The van der Waals surface area contributed by atoms with Crippen LogP contribution < -0.4 is 5.32 Å². The summed E-state index contributed by atoms with van der Waals surface area (Å²) < 4.78 is 62.2. The zero-order chi connectivity index (χ0) is 15.5. The number of hydrogen-bond acceptors (Lipinski definition) is 2. The first-order chi connectivity index (χ1) is 9.14. The third-order valence-electron chi connectivity index (χ3n) is 2.67. The van der Waals surface area contributed by atoms with Crippen molar-refractivity contribution < 1.29 is 26.6 Å². The molecule has 0 heterocycles. The molecule has 1 N–H and O–H groups in total. The van der Waals surface area contributed by atoms with E-state index in [9.17, 15) is 26.6 Å². The van der Waals surface area contributed by atoms with Crippen LogP contribution in [0.25, 0.3) is 0 Å². The average molecular weight is 311 g/mol. The van der Waals surface area contributed by atoms with E-state index in [0.717, 1.165) is 12.1 Å². The van der Waals surface area contributed by atoms with Gasteiger partial charge in [0.05, 0.1) is 11.1 Å². The summed E-state index contributed by atoms with van der Waals surface area (Å²) >= 11 is 0. The van der Waals surface area contributed by atoms with Gasteiger partial charge in [0.1, 0.15) is 5.82 Å². The fourth-order valence-electron chi connectivity index (χ4n) is 1.38. The maximum Gasteiger partial charge on any atom is 0.419 e. The Morgan fingerprint density at radius 2 is 2.00 bits per heavy atom. The molecule has 20 heavy (non-hydrogen) atoms. The highest BCUT2D eigenvalue weighted by atomic mass is 32.2. The molecule has 8 heteroatoms. The van der Waals surface area contributed by atoms with E-state index in [-0.39, 0.29) is 11.8 Å². The van der Waals surface area contributed by atoms with Crippen LogP contribution in [0.4, 0.5) is 17.6 Å². The highest BCUT2D eigenvalue weighted by molar-refractivity contribution is 7.84. The van der Waals surface area contributed by atoms with Crippen molar-refractivity contribution in [2.45, 2.75) is 18.3 Å². The lowest BCUT2D eigenvalue weighted by Crippen LogP contribution is -2.33. The third-order valence-corrected chi connectivity index (χ3v) is 3.97. The topological polar surface area (TPSA) is 46.2 Å². The summed E-state index contributed by atoms with van der Waals surface area (Å²) in [4.78, 5) is 11.7. The van der Waals surface area contributed by atoms with Gasteiger partial charge in [-0.2, -0.15) is 13.2 Å². The number of carbonyl (C=O) groups is 1. The van der Waals surface area contributed by atoms with Crippen LogP contribution in [0.15, 0.2) is 18.2 Å². The first-order valence-electron chi connectivity index (χ1n) is 5.60. The summed E-state index contributed by atoms with van der Waals surface area (Å²) in [7, 11) is -1.20. The van der Waals surface area contributed by atoms with Gasteiger partial charge in [-0.05, 0) is 19.1 Å². The zero-order valence-corrected chi connectivity index (χ0v) is 11.6. The van der Waals surface area contributed by atoms with Gasteiger partial charge in [-0.25, -0.2) is 4.39 Å². The molecule has 0 bridgehead atoms. The van der Waals surface area contributed by atoms with Gasteiger partial charge in [-0.1, -0.05) is 6.07 Å². The average Bonchev–Trinajstić information content (AvgIpc) is 2.34. The van der Waals surface area contributed by atoms with Gasteiger partial charge in [0, 0.05) is 28.9 Å². The molecular formula is C12H13F4NO2S. The van der Waals surface area contributed by atoms with Crippen LogP contribution in [0.5, 0.6) is 0 Å². The highest BCUT2D eigenvalue weighted by Crippen LogP contribution is 2.32. The minimum Gasteiger partial charge on any atom is -0.351 e. The van der Waals surface area contributed by atoms with Gasteiger partial charge in [-0.3, -0.25) is 9.00 Å². The first kappa shape index (κ1) is 16.6. The molecule has 2 unspecified atom stereocenters. The molecule has 0 aliphatic heterocycles. The lowest BCUT2D eigenvalue weighted by atomic mass is 10.1. The molecule has 0 saturated heterocycles. The summed E-state index contributed by atoms with van der Waals surface area (Å²) in [6, 6.07) is 2.49. The number of carbonyl (C=O) groups excluding carboxylic acids is 1. The number of amides is 1. The Balaban J connectivity index is 2.92. The molecule has 1 aromatic rings. The minimum atomic E-state index is -4.86. The Morgan fingerprint density at radius 1 is 1.40 bits per heavy atom. The van der Waals surface area contributed by atoms with Crippen LogP contribution in [0.2, 0.25) is 0 Å². The predicted octanol–water partition coefficient (Wildman–Crippen LogP) is 2.34. The van der Waals surface area contributed by atoms with Crippen molar-refractivity contribution in [3.8, 4) is 0 Å². The van der Waals surface area contributed by atoms with Crippen molar-refractivity contribution in [2.24, 2.45) is 0 Å². The van der Waals surface area contributed by atoms with Crippen molar-refractivity contribution in [1.82, 2.24) is 5.32 Å². The molecule has 0 aliphatic carbocycles. The van der Waals surface area contributed by atoms with Crippen LogP contribution in [-0.2, 0) is 17.0 Å². The first-order valence-corrected chi connectivity index (χ1v) is 7.23. The minimum absolute atomic E-state index is 0.0162. The number of rotatable bonds is 4. The summed E-state index contributed by atoms with van der Waals surface area (Å²) in [5.74, 6) is -2.58. The normalized spacial score (nSPS) is 14.7. The van der Waals surface area contributed by atoms with Crippen molar-refractivity contribution in [3.63, 3.8) is 0 Å². The van der Waals surface area contributed by atoms with Gasteiger partial charge in [0.15, 0.2) is 0 Å². The van der Waals surface area contributed by atoms with Crippen molar-refractivity contribution >= 4 is 16.7 Å². The van der Waals surface area contributed by atoms with E-state index in [1.165, 1.54) is 6.26 Å². The lowest BCUT2D eigenvalue weighted by molar-refractivity contribution is -0.140. The summed E-state index contributed by atoms with van der Waals surface area (Å²) in [5.41, 5.74) is -2.17. The predicted molar refractivity (Wildman–Crippen MR) is 67.3 cm³/mol. The quantitative estimate of drug-likeness (QED) is 0.868. The standard InChI is InChI=1S/C12H13F4NO2S/c1-7(20(2)19)6-17-11(18)8-4-3-5-9(10(8)13)12(14,15)16/h3-5,7H,6H2,1-2H3,(H,17,18). The third kappa shape index (κ3) is 4.03. The molecule has 2 atom stereocenters. The molecule has 1 rings (SSSR count). The Bertz CT molecular complexity index is 531. The van der Waals surface area contributed by atoms with Gasteiger partial charge < -0.3 is 5.32 Å². The molecular weight excluding hydrogens is 298 g/mol. The van der Waals surface area contributed by atoms with E-state index in [0.29, 0.717) is 6.07 Å². The summed E-state index contributed by atoms with van der Waals surface area (Å²) in [5, 5.41) is 1.88. The maximum atomic E-state index is 13.7.